The van der Waals surface area contributed by atoms with E-state index in [1.165, 1.54) is 5.56 Å². The van der Waals surface area contributed by atoms with E-state index in [0.717, 1.165) is 6.42 Å². The second kappa shape index (κ2) is 8.26. The summed E-state index contributed by atoms with van der Waals surface area (Å²) in [6, 6.07) is 9.89. The Kier molecular flexibility index (Phi) is 6.60. The van der Waals surface area contributed by atoms with Gasteiger partial charge in [-0.25, -0.2) is 0 Å². The number of likely N-dealkylation sites (N-methyl/N-ethyl adjacent to an activating group) is 1. The molecule has 5 heteroatoms. The van der Waals surface area contributed by atoms with Crippen molar-refractivity contribution in [3.05, 3.63) is 35.9 Å². The summed E-state index contributed by atoms with van der Waals surface area (Å²) in [5, 5.41) is 11.5. The summed E-state index contributed by atoms with van der Waals surface area (Å²) in [7, 11) is 0. The Balaban J connectivity index is 2.25. The van der Waals surface area contributed by atoms with Gasteiger partial charge in [0.1, 0.15) is 0 Å². The third kappa shape index (κ3) is 6.57. The highest BCUT2D eigenvalue weighted by molar-refractivity contribution is 5.79. The maximum absolute atomic E-state index is 11.6. The fourth-order valence-electron chi connectivity index (χ4n) is 1.72. The van der Waals surface area contributed by atoms with Crippen molar-refractivity contribution in [3.63, 3.8) is 0 Å². The van der Waals surface area contributed by atoms with Crippen LogP contribution >= 0.6 is 0 Å². The summed E-state index contributed by atoms with van der Waals surface area (Å²) in [6.07, 6.45) is 0.775. The average molecular weight is 264 g/mol. The lowest BCUT2D eigenvalue weighted by Gasteiger charge is -2.17. The fourth-order valence-corrected chi connectivity index (χ4v) is 1.72. The first kappa shape index (κ1) is 15.2. The zero-order chi connectivity index (χ0) is 14.1. The molecule has 0 saturated heterocycles. The van der Waals surface area contributed by atoms with E-state index in [-0.39, 0.29) is 19.0 Å². The van der Waals surface area contributed by atoms with Gasteiger partial charge in [-0.15, -0.1) is 0 Å². The maximum Gasteiger partial charge on any atom is 0.317 e. The van der Waals surface area contributed by atoms with Crippen molar-refractivity contribution in [2.24, 2.45) is 0 Å². The summed E-state index contributed by atoms with van der Waals surface area (Å²) < 4.78 is 0. The molecule has 0 aromatic heterocycles. The third-order valence-electron chi connectivity index (χ3n) is 2.75. The number of nitrogens with zero attached hydrogens (tertiary/aromatic N) is 1. The predicted molar refractivity (Wildman–Crippen MR) is 72.9 cm³/mol. The molecule has 0 aliphatic carbocycles. The number of rotatable bonds is 8. The van der Waals surface area contributed by atoms with Crippen LogP contribution in [-0.4, -0.2) is 48.1 Å². The van der Waals surface area contributed by atoms with Gasteiger partial charge in [0.25, 0.3) is 0 Å². The number of carboxylic acid groups (broad SMARTS) is 1. The van der Waals surface area contributed by atoms with Crippen LogP contribution in [0.3, 0.4) is 0 Å². The van der Waals surface area contributed by atoms with Crippen molar-refractivity contribution in [3.8, 4) is 0 Å². The molecule has 1 amide bonds. The quantitative estimate of drug-likeness (QED) is 0.727. The number of carbonyl (C=O) groups is 2. The van der Waals surface area contributed by atoms with Crippen LogP contribution in [0.15, 0.2) is 30.3 Å². The molecule has 2 N–H and O–H groups in total. The minimum Gasteiger partial charge on any atom is -0.480 e. The van der Waals surface area contributed by atoms with Crippen molar-refractivity contribution < 1.29 is 14.7 Å². The van der Waals surface area contributed by atoms with Gasteiger partial charge in [-0.2, -0.15) is 0 Å². The molecule has 104 valence electrons. The Morgan fingerprint density at radius 2 is 1.89 bits per heavy atom. The number of hydrogen-bond acceptors (Lipinski definition) is 3. The molecule has 0 bridgehead atoms. The van der Waals surface area contributed by atoms with E-state index in [0.29, 0.717) is 13.1 Å². The molecule has 1 aromatic rings. The molecule has 0 heterocycles. The number of carboxylic acids is 1. The van der Waals surface area contributed by atoms with Crippen LogP contribution in [0.5, 0.6) is 0 Å². The molecule has 0 radical (unpaired) electrons. The van der Waals surface area contributed by atoms with Crippen molar-refractivity contribution in [1.29, 1.82) is 0 Å². The van der Waals surface area contributed by atoms with Gasteiger partial charge in [0.2, 0.25) is 5.91 Å². The lowest BCUT2D eigenvalue weighted by atomic mass is 10.1. The minimum absolute atomic E-state index is 0.109. The molecule has 0 spiro atoms. The van der Waals surface area contributed by atoms with Crippen molar-refractivity contribution in [2.45, 2.75) is 13.3 Å². The van der Waals surface area contributed by atoms with E-state index in [1.54, 1.807) is 4.90 Å². The first-order valence-electron chi connectivity index (χ1n) is 6.36. The molecule has 0 unspecified atom stereocenters. The summed E-state index contributed by atoms with van der Waals surface area (Å²) in [5.74, 6) is -1.06. The standard InChI is InChI=1S/C14H20N2O3/c1-2-16(11-14(18)19)10-13(17)15-9-8-12-6-4-3-5-7-12/h3-7H,2,8-11H2,1H3,(H,15,17)(H,18,19). The Labute approximate surface area is 113 Å². The number of nitrogens with one attached hydrogen (secondary N) is 1. The second-order valence-electron chi connectivity index (χ2n) is 4.28. The van der Waals surface area contributed by atoms with Gasteiger partial charge >= 0.3 is 5.97 Å². The van der Waals surface area contributed by atoms with Crippen LogP contribution in [0.25, 0.3) is 0 Å². The number of carbonyl (C=O) groups excluding carboxylic acids is 1. The molecule has 1 aromatic carbocycles. The van der Waals surface area contributed by atoms with Crippen LogP contribution in [0.4, 0.5) is 0 Å². The van der Waals surface area contributed by atoms with Gasteiger partial charge in [0.15, 0.2) is 0 Å². The Morgan fingerprint density at radius 3 is 2.47 bits per heavy atom. The van der Waals surface area contributed by atoms with Gasteiger partial charge < -0.3 is 10.4 Å². The van der Waals surface area contributed by atoms with Crippen LogP contribution in [0, 0.1) is 0 Å². The van der Waals surface area contributed by atoms with Crippen molar-refractivity contribution >= 4 is 11.9 Å². The Morgan fingerprint density at radius 1 is 1.21 bits per heavy atom. The molecule has 0 saturated carbocycles. The molecule has 0 aliphatic heterocycles. The summed E-state index contributed by atoms with van der Waals surface area (Å²) >= 11 is 0. The average Bonchev–Trinajstić information content (AvgIpc) is 2.38. The second-order valence-corrected chi connectivity index (χ2v) is 4.28. The number of aliphatic carboxylic acids is 1. The monoisotopic (exact) mass is 264 g/mol. The normalized spacial score (nSPS) is 10.4. The summed E-state index contributed by atoms with van der Waals surface area (Å²) in [4.78, 5) is 23.8. The van der Waals surface area contributed by atoms with Gasteiger partial charge in [-0.1, -0.05) is 37.3 Å². The van der Waals surface area contributed by atoms with E-state index in [2.05, 4.69) is 5.32 Å². The van der Waals surface area contributed by atoms with Crippen LogP contribution in [-0.2, 0) is 16.0 Å². The first-order valence-corrected chi connectivity index (χ1v) is 6.36. The fraction of sp³-hybridized carbons (Fsp3) is 0.429. The molecule has 0 atom stereocenters. The zero-order valence-electron chi connectivity index (χ0n) is 11.1. The van der Waals surface area contributed by atoms with Crippen LogP contribution in [0.1, 0.15) is 12.5 Å². The van der Waals surface area contributed by atoms with E-state index >= 15 is 0 Å². The third-order valence-corrected chi connectivity index (χ3v) is 2.75. The molecule has 5 nitrogen and oxygen atoms in total. The Hall–Kier alpha value is -1.88. The van der Waals surface area contributed by atoms with Crippen LogP contribution < -0.4 is 5.32 Å². The van der Waals surface area contributed by atoms with Gasteiger partial charge in [0.05, 0.1) is 13.1 Å². The molecule has 19 heavy (non-hydrogen) atoms. The smallest absolute Gasteiger partial charge is 0.317 e. The molecule has 1 rings (SSSR count). The SMILES string of the molecule is CCN(CC(=O)O)CC(=O)NCCc1ccccc1. The lowest BCUT2D eigenvalue weighted by Crippen LogP contribution is -2.40. The highest BCUT2D eigenvalue weighted by Gasteiger charge is 2.11. The van der Waals surface area contributed by atoms with Gasteiger partial charge in [0, 0.05) is 6.54 Å². The minimum atomic E-state index is -0.918. The molecular formula is C14H20N2O3. The highest BCUT2D eigenvalue weighted by atomic mass is 16.4. The van der Waals surface area contributed by atoms with Crippen molar-refractivity contribution in [2.75, 3.05) is 26.2 Å². The van der Waals surface area contributed by atoms with E-state index in [1.807, 2.05) is 37.3 Å². The number of benzene rings is 1. The first-order chi connectivity index (χ1) is 9.11. The van der Waals surface area contributed by atoms with E-state index in [4.69, 9.17) is 5.11 Å². The molecule has 0 fully saturated rings. The summed E-state index contributed by atoms with van der Waals surface area (Å²) in [5.41, 5.74) is 1.17. The summed E-state index contributed by atoms with van der Waals surface area (Å²) in [6.45, 7) is 2.95. The predicted octanol–water partition coefficient (Wildman–Crippen LogP) is 0.752. The van der Waals surface area contributed by atoms with Gasteiger partial charge in [-0.3, -0.25) is 14.5 Å². The van der Waals surface area contributed by atoms with E-state index in [9.17, 15) is 9.59 Å². The topological polar surface area (TPSA) is 69.6 Å². The van der Waals surface area contributed by atoms with Crippen molar-refractivity contribution in [1.82, 2.24) is 10.2 Å². The number of amides is 1. The largest absolute Gasteiger partial charge is 0.480 e. The molecular weight excluding hydrogens is 244 g/mol. The number of hydrogen-bond donors (Lipinski definition) is 2. The highest BCUT2D eigenvalue weighted by Crippen LogP contribution is 1.98. The van der Waals surface area contributed by atoms with Gasteiger partial charge in [-0.05, 0) is 18.5 Å². The zero-order valence-corrected chi connectivity index (χ0v) is 11.1. The Bertz CT molecular complexity index is 406. The van der Waals surface area contributed by atoms with Crippen LogP contribution in [0.2, 0.25) is 0 Å². The molecule has 0 aliphatic rings. The maximum atomic E-state index is 11.6. The lowest BCUT2D eigenvalue weighted by molar-refractivity contribution is -0.138. The van der Waals surface area contributed by atoms with E-state index < -0.39 is 5.97 Å².